The number of ether oxygens (including phenoxy) is 3. The summed E-state index contributed by atoms with van der Waals surface area (Å²) in [7, 11) is -2.97. The lowest BCUT2D eigenvalue weighted by atomic mass is 9.59. The summed E-state index contributed by atoms with van der Waals surface area (Å²) < 4.78 is 48.1. The van der Waals surface area contributed by atoms with Crippen LogP contribution in [0.2, 0.25) is 0 Å². The highest BCUT2D eigenvalue weighted by Gasteiger charge is 2.50. The largest absolute Gasteiger partial charge is 0.497 e. The number of aliphatic hydroxyl groups excluding tert-OH is 1. The summed E-state index contributed by atoms with van der Waals surface area (Å²) in [5.74, 6) is 1.13. The van der Waals surface area contributed by atoms with E-state index >= 15 is 0 Å². The molecule has 11 rings (SSSR count). The number of carbonyl (C=O) groups is 1. The topological polar surface area (TPSA) is 205 Å². The van der Waals surface area contributed by atoms with Crippen LogP contribution in [0, 0.1) is 21.4 Å². The molecule has 2 aromatic heterocycles. The number of nitrogens with zero attached hydrogens (tertiary/aromatic N) is 5. The van der Waals surface area contributed by atoms with Gasteiger partial charge in [-0.3, -0.25) is 24.7 Å². The fraction of sp³-hybridized carbons (Fsp3) is 0.448. The van der Waals surface area contributed by atoms with Crippen LogP contribution in [0.3, 0.4) is 0 Å². The fourth-order valence-electron chi connectivity index (χ4n) is 12.7. The predicted molar refractivity (Wildman–Crippen MR) is 291 cm³/mol. The third-order valence-corrected chi connectivity index (χ3v) is 18.2. The zero-order valence-electron chi connectivity index (χ0n) is 43.5. The number of rotatable bonds is 15. The summed E-state index contributed by atoms with van der Waals surface area (Å²) in [6.07, 6.45) is 11.1. The number of nitro groups is 1. The van der Waals surface area contributed by atoms with Crippen LogP contribution in [0.25, 0.3) is 11.0 Å². The van der Waals surface area contributed by atoms with Gasteiger partial charge in [0.25, 0.3) is 21.6 Å². The van der Waals surface area contributed by atoms with E-state index in [4.69, 9.17) is 14.2 Å². The Morgan fingerprint density at radius 2 is 1.74 bits per heavy atom. The van der Waals surface area contributed by atoms with E-state index in [-0.39, 0.29) is 53.0 Å². The van der Waals surface area contributed by atoms with Crippen LogP contribution >= 0.6 is 0 Å². The number of sulfonamides is 1. The standard InChI is InChI=1S/C58H68N8O9S/c1-37(2)48-6-4-5-7-49(48)52-35-63(34-39-10-15-45(73-3)16-11-39)24-25-65(52)43-31-58(32-43)19-22-64(23-20-58)42-12-17-50(53(28-42)75-46-27-40-18-21-59-56(40)60-33-46)57(68)62-76(71,72)47-29-51(66(69)70)55-54(30-47)74-36-41(61-55)26-38-8-13-44(67)14-9-38/h4-7,10-12,15-18,21,27-30,33,37-38,41,43-44,52,61,67H,8-9,13-14,19-20,22-26,31-32,34-36H2,1-3H3,(H,59,60)(H,62,68). The highest BCUT2D eigenvalue weighted by Crippen LogP contribution is 2.54. The monoisotopic (exact) mass is 1050 g/mol. The van der Waals surface area contributed by atoms with E-state index in [0.29, 0.717) is 48.5 Å². The molecule has 2 saturated carbocycles. The Labute approximate surface area is 444 Å². The van der Waals surface area contributed by atoms with Gasteiger partial charge in [0.05, 0.1) is 40.8 Å². The van der Waals surface area contributed by atoms with Gasteiger partial charge in [-0.1, -0.05) is 50.2 Å². The number of piperazine rings is 1. The number of piperidine rings is 1. The molecule has 2 unspecified atom stereocenters. The molecule has 18 heteroatoms. The SMILES string of the molecule is COc1ccc(CN2CCN(C3CC4(CCN(c5ccc(C(=O)NS(=O)(=O)c6cc7c(c([N+](=O)[O-])c6)NC(CC6CCC(O)CC6)CO7)c(Oc6cnc7[nH]ccc7c6)c5)CC4)C3)C(c3ccccc3C(C)C)C2)cc1. The molecule has 3 aliphatic heterocycles. The Morgan fingerprint density at radius 1 is 0.961 bits per heavy atom. The first-order valence-corrected chi connectivity index (χ1v) is 28.3. The smallest absolute Gasteiger partial charge is 0.297 e. The number of carbonyl (C=O) groups excluding carboxylic acids is 1. The second-order valence-corrected chi connectivity index (χ2v) is 23.8. The molecule has 0 radical (unpaired) electrons. The molecule has 1 amide bonds. The number of hydrogen-bond acceptors (Lipinski definition) is 14. The molecule has 400 valence electrons. The van der Waals surface area contributed by atoms with Crippen LogP contribution in [0.15, 0.2) is 108 Å². The molecular weight excluding hydrogens is 985 g/mol. The second kappa shape index (κ2) is 21.4. The lowest BCUT2D eigenvalue weighted by Gasteiger charge is -2.58. The van der Waals surface area contributed by atoms with Crippen LogP contribution in [0.1, 0.15) is 111 Å². The highest BCUT2D eigenvalue weighted by molar-refractivity contribution is 7.90. The fourth-order valence-corrected chi connectivity index (χ4v) is 13.7. The molecule has 4 fully saturated rings. The van der Waals surface area contributed by atoms with Gasteiger partial charge in [-0.2, -0.15) is 0 Å². The minimum atomic E-state index is -4.67. The molecule has 4 aromatic carbocycles. The van der Waals surface area contributed by atoms with Crippen LogP contribution in [-0.2, 0) is 16.6 Å². The third kappa shape index (κ3) is 10.8. The lowest BCUT2D eigenvalue weighted by molar-refractivity contribution is -0.384. The van der Waals surface area contributed by atoms with Crippen LogP contribution in [0.5, 0.6) is 23.0 Å². The van der Waals surface area contributed by atoms with Crippen molar-refractivity contribution < 1.29 is 37.5 Å². The average Bonchev–Trinajstić information content (AvgIpc) is 3.90. The first kappa shape index (κ1) is 51.4. The van der Waals surface area contributed by atoms with Gasteiger partial charge in [0.2, 0.25) is 0 Å². The van der Waals surface area contributed by atoms with Crippen molar-refractivity contribution in [2.75, 3.05) is 56.7 Å². The maximum atomic E-state index is 14.2. The molecule has 5 heterocycles. The van der Waals surface area contributed by atoms with Gasteiger partial charge in [0.1, 0.15) is 29.5 Å². The zero-order valence-corrected chi connectivity index (χ0v) is 44.3. The highest BCUT2D eigenvalue weighted by atomic mass is 32.2. The van der Waals surface area contributed by atoms with Crippen LogP contribution < -0.4 is 29.1 Å². The molecule has 5 aliphatic rings. The Hall–Kier alpha value is -6.73. The van der Waals surface area contributed by atoms with Crippen molar-refractivity contribution in [3.63, 3.8) is 0 Å². The number of hydrogen-bond donors (Lipinski definition) is 4. The molecule has 4 N–H and O–H groups in total. The number of nitro benzene ring substituents is 1. The van der Waals surface area contributed by atoms with Crippen molar-refractivity contribution >= 4 is 44.0 Å². The maximum Gasteiger partial charge on any atom is 0.297 e. The summed E-state index contributed by atoms with van der Waals surface area (Å²) in [6, 6.07) is 28.9. The van der Waals surface area contributed by atoms with Gasteiger partial charge in [0.15, 0.2) is 11.4 Å². The molecule has 1 spiro atoms. The van der Waals surface area contributed by atoms with E-state index in [2.05, 4.69) is 85.0 Å². The number of nitrogens with one attached hydrogen (secondary N) is 3. The summed E-state index contributed by atoms with van der Waals surface area (Å²) in [4.78, 5) is 40.8. The number of benzene rings is 4. The van der Waals surface area contributed by atoms with Crippen molar-refractivity contribution in [1.82, 2.24) is 24.5 Å². The van der Waals surface area contributed by atoms with Crippen molar-refractivity contribution in [2.45, 2.75) is 113 Å². The first-order valence-electron chi connectivity index (χ1n) is 26.9. The number of aliphatic hydroxyl groups is 1. The van der Waals surface area contributed by atoms with Crippen molar-refractivity contribution in [3.8, 4) is 23.0 Å². The molecule has 6 aromatic rings. The normalized spacial score (nSPS) is 22.1. The number of amides is 1. The van der Waals surface area contributed by atoms with Crippen LogP contribution in [0.4, 0.5) is 17.1 Å². The zero-order chi connectivity index (χ0) is 52.7. The number of pyridine rings is 1. The quantitative estimate of drug-likeness (QED) is 0.0558. The van der Waals surface area contributed by atoms with Gasteiger partial charge in [-0.05, 0) is 128 Å². The van der Waals surface area contributed by atoms with E-state index < -0.39 is 31.4 Å². The minimum Gasteiger partial charge on any atom is -0.497 e. The number of aromatic nitrogens is 2. The first-order chi connectivity index (χ1) is 36.7. The minimum absolute atomic E-state index is 0.00947. The number of methoxy groups -OCH3 is 1. The Morgan fingerprint density at radius 3 is 2.49 bits per heavy atom. The number of H-pyrrole nitrogens is 1. The summed E-state index contributed by atoms with van der Waals surface area (Å²) in [6.45, 7) is 10.2. The molecule has 2 saturated heterocycles. The number of fused-ring (bicyclic) bond motifs is 2. The van der Waals surface area contributed by atoms with Gasteiger partial charge < -0.3 is 34.5 Å². The van der Waals surface area contributed by atoms with E-state index in [1.807, 2.05) is 24.3 Å². The summed E-state index contributed by atoms with van der Waals surface area (Å²) >= 11 is 0. The molecule has 76 heavy (non-hydrogen) atoms. The number of aromatic amines is 1. The molecule has 2 atom stereocenters. The lowest BCUT2D eigenvalue weighted by Crippen LogP contribution is -2.60. The van der Waals surface area contributed by atoms with E-state index in [1.54, 1.807) is 37.7 Å². The maximum absolute atomic E-state index is 14.2. The second-order valence-electron chi connectivity index (χ2n) is 22.1. The molecule has 2 aliphatic carbocycles. The van der Waals surface area contributed by atoms with Gasteiger partial charge in [0, 0.05) is 86.8 Å². The Balaban J connectivity index is 0.787. The van der Waals surface area contributed by atoms with Crippen molar-refractivity contribution in [3.05, 3.63) is 136 Å². The molecular formula is C58H68N8O9S. The van der Waals surface area contributed by atoms with Crippen LogP contribution in [-0.4, -0.2) is 109 Å². The van der Waals surface area contributed by atoms with E-state index in [0.717, 1.165) is 101 Å². The van der Waals surface area contributed by atoms with Gasteiger partial charge in [-0.15, -0.1) is 0 Å². The Bertz CT molecular complexity index is 3200. The van der Waals surface area contributed by atoms with E-state index in [9.17, 15) is 28.4 Å². The number of anilines is 2. The van der Waals surface area contributed by atoms with Gasteiger partial charge >= 0.3 is 0 Å². The van der Waals surface area contributed by atoms with E-state index in [1.165, 1.54) is 22.8 Å². The Kier molecular flexibility index (Phi) is 14.4. The summed E-state index contributed by atoms with van der Waals surface area (Å²) in [5.41, 5.74) is 5.42. The van der Waals surface area contributed by atoms with Crippen molar-refractivity contribution in [1.29, 1.82) is 0 Å². The molecule has 0 bridgehead atoms. The summed E-state index contributed by atoms with van der Waals surface area (Å²) in [5, 5.41) is 26.4. The average molecular weight is 1050 g/mol. The predicted octanol–water partition coefficient (Wildman–Crippen LogP) is 9.94. The third-order valence-electron chi connectivity index (χ3n) is 16.9. The molecule has 17 nitrogen and oxygen atoms in total. The van der Waals surface area contributed by atoms with Gasteiger partial charge in [-0.25, -0.2) is 18.1 Å². The van der Waals surface area contributed by atoms with Crippen molar-refractivity contribution in [2.24, 2.45) is 11.3 Å².